The van der Waals surface area contributed by atoms with Gasteiger partial charge in [-0.2, -0.15) is 5.10 Å². The van der Waals surface area contributed by atoms with Gasteiger partial charge in [-0.25, -0.2) is 4.39 Å². The van der Waals surface area contributed by atoms with Gasteiger partial charge >= 0.3 is 0 Å². The Bertz CT molecular complexity index is 643. The molecule has 2 rings (SSSR count). The minimum Gasteiger partial charge on any atom is -0.382 e. The largest absolute Gasteiger partial charge is 0.382 e. The molecule has 3 nitrogen and oxygen atoms in total. The lowest BCUT2D eigenvalue weighted by molar-refractivity contribution is 0.258. The van der Waals surface area contributed by atoms with E-state index in [4.69, 9.17) is 17.3 Å². The first-order valence-corrected chi connectivity index (χ1v) is 7.36. The number of H-pyrrole nitrogens is 1. The van der Waals surface area contributed by atoms with Gasteiger partial charge in [0.05, 0.1) is 5.02 Å². The molecule has 0 amide bonds. The van der Waals surface area contributed by atoms with Crippen molar-refractivity contribution in [1.82, 2.24) is 10.2 Å². The smallest absolute Gasteiger partial charge is 0.153 e. The number of hydrogen-bond acceptors (Lipinski definition) is 2. The molecule has 1 aromatic carbocycles. The number of anilines is 1. The molecule has 0 aliphatic heterocycles. The lowest BCUT2D eigenvalue weighted by Gasteiger charge is -2.27. The molecule has 1 aromatic heterocycles. The van der Waals surface area contributed by atoms with Crippen LogP contribution in [0.3, 0.4) is 0 Å². The third kappa shape index (κ3) is 3.38. The Morgan fingerprint density at radius 2 is 2.05 bits per heavy atom. The summed E-state index contributed by atoms with van der Waals surface area (Å²) in [6.07, 6.45) is 0.802. The van der Waals surface area contributed by atoms with Gasteiger partial charge in [0, 0.05) is 16.8 Å². The van der Waals surface area contributed by atoms with Crippen molar-refractivity contribution in [1.29, 1.82) is 0 Å². The summed E-state index contributed by atoms with van der Waals surface area (Å²) in [5, 5.41) is 7.42. The van der Waals surface area contributed by atoms with Crippen molar-refractivity contribution in [2.24, 2.45) is 11.3 Å². The average Bonchev–Trinajstić information content (AvgIpc) is 2.70. The molecule has 5 heteroatoms. The van der Waals surface area contributed by atoms with Gasteiger partial charge in [-0.1, -0.05) is 39.3 Å². The molecule has 0 bridgehead atoms. The second kappa shape index (κ2) is 5.68. The summed E-state index contributed by atoms with van der Waals surface area (Å²) < 4.78 is 13.2. The Morgan fingerprint density at radius 3 is 2.62 bits per heavy atom. The number of nitrogen functional groups attached to an aromatic ring is 1. The van der Waals surface area contributed by atoms with E-state index in [2.05, 4.69) is 37.9 Å². The van der Waals surface area contributed by atoms with Crippen LogP contribution in [-0.2, 0) is 6.42 Å². The van der Waals surface area contributed by atoms with Gasteiger partial charge in [0.25, 0.3) is 0 Å². The number of halogens is 2. The highest BCUT2D eigenvalue weighted by Gasteiger charge is 2.24. The van der Waals surface area contributed by atoms with E-state index >= 15 is 0 Å². The Balaban J connectivity index is 2.43. The minimum absolute atomic E-state index is 0.170. The molecule has 0 aliphatic carbocycles. The first-order chi connectivity index (χ1) is 9.70. The molecule has 2 aromatic rings. The predicted octanol–water partition coefficient (Wildman–Crippen LogP) is 4.68. The Kier molecular flexibility index (Phi) is 4.28. The molecule has 1 unspecified atom stereocenters. The second-order valence-electron chi connectivity index (χ2n) is 6.56. The first kappa shape index (κ1) is 15.8. The van der Waals surface area contributed by atoms with Gasteiger partial charge in [-0.3, -0.25) is 5.10 Å². The van der Waals surface area contributed by atoms with Crippen LogP contribution in [0.4, 0.5) is 10.2 Å². The molecule has 0 fully saturated rings. The molecule has 0 aliphatic rings. The van der Waals surface area contributed by atoms with Crippen LogP contribution in [0, 0.1) is 17.2 Å². The van der Waals surface area contributed by atoms with Crippen molar-refractivity contribution in [2.45, 2.75) is 34.1 Å². The van der Waals surface area contributed by atoms with Gasteiger partial charge in [0.2, 0.25) is 0 Å². The zero-order valence-electron chi connectivity index (χ0n) is 12.8. The fourth-order valence-electron chi connectivity index (χ4n) is 2.15. The SMILES string of the molecule is CC(Cc1[nH]nc(N)c1-c1ccc(F)cc1Cl)C(C)(C)C. The quantitative estimate of drug-likeness (QED) is 0.865. The van der Waals surface area contributed by atoms with E-state index in [0.29, 0.717) is 22.3 Å². The van der Waals surface area contributed by atoms with Crippen molar-refractivity contribution < 1.29 is 4.39 Å². The molecule has 0 spiro atoms. The number of aromatic nitrogens is 2. The van der Waals surface area contributed by atoms with E-state index in [1.54, 1.807) is 6.07 Å². The maximum atomic E-state index is 13.2. The summed E-state index contributed by atoms with van der Waals surface area (Å²) in [7, 11) is 0. The molecule has 0 radical (unpaired) electrons. The average molecular weight is 310 g/mol. The molecule has 3 N–H and O–H groups in total. The van der Waals surface area contributed by atoms with Crippen molar-refractivity contribution in [3.63, 3.8) is 0 Å². The number of hydrogen-bond donors (Lipinski definition) is 2. The fraction of sp³-hybridized carbons (Fsp3) is 0.438. The van der Waals surface area contributed by atoms with Gasteiger partial charge in [-0.15, -0.1) is 0 Å². The summed E-state index contributed by atoms with van der Waals surface area (Å²) in [6, 6.07) is 4.31. The highest BCUT2D eigenvalue weighted by Crippen LogP contribution is 2.37. The number of aromatic amines is 1. The van der Waals surface area contributed by atoms with Gasteiger partial charge < -0.3 is 5.73 Å². The van der Waals surface area contributed by atoms with Crippen LogP contribution in [0.2, 0.25) is 5.02 Å². The Labute approximate surface area is 129 Å². The van der Waals surface area contributed by atoms with Crippen LogP contribution in [0.1, 0.15) is 33.4 Å². The maximum absolute atomic E-state index is 13.2. The molecule has 114 valence electrons. The molecule has 0 saturated carbocycles. The molecule has 1 heterocycles. The number of nitrogens with one attached hydrogen (secondary N) is 1. The van der Waals surface area contributed by atoms with E-state index in [1.807, 2.05) is 0 Å². The van der Waals surface area contributed by atoms with Crippen LogP contribution >= 0.6 is 11.6 Å². The maximum Gasteiger partial charge on any atom is 0.153 e. The Morgan fingerprint density at radius 1 is 1.38 bits per heavy atom. The zero-order chi connectivity index (χ0) is 15.8. The minimum atomic E-state index is -0.365. The highest BCUT2D eigenvalue weighted by atomic mass is 35.5. The van der Waals surface area contributed by atoms with Crippen LogP contribution < -0.4 is 5.73 Å². The highest BCUT2D eigenvalue weighted by molar-refractivity contribution is 6.33. The molecule has 21 heavy (non-hydrogen) atoms. The van der Waals surface area contributed by atoms with Gasteiger partial charge in [-0.05, 0) is 36.0 Å². The molecular formula is C16H21ClFN3. The summed E-state index contributed by atoms with van der Waals surface area (Å²) in [4.78, 5) is 0. The monoisotopic (exact) mass is 309 g/mol. The van der Waals surface area contributed by atoms with Crippen LogP contribution in [0.25, 0.3) is 11.1 Å². The lowest BCUT2D eigenvalue weighted by Crippen LogP contribution is -2.19. The van der Waals surface area contributed by atoms with Gasteiger partial charge in [0.15, 0.2) is 5.82 Å². The molecule has 0 saturated heterocycles. The fourth-order valence-corrected chi connectivity index (χ4v) is 2.41. The van der Waals surface area contributed by atoms with Crippen LogP contribution in [0.5, 0.6) is 0 Å². The summed E-state index contributed by atoms with van der Waals surface area (Å²) in [6.45, 7) is 8.78. The van der Waals surface area contributed by atoms with Gasteiger partial charge in [0.1, 0.15) is 5.82 Å². The summed E-state index contributed by atoms with van der Waals surface area (Å²) >= 11 is 6.15. The van der Waals surface area contributed by atoms with Crippen molar-refractivity contribution in [3.05, 3.63) is 34.7 Å². The molecular weight excluding hydrogens is 289 g/mol. The topological polar surface area (TPSA) is 54.7 Å². The number of nitrogens with two attached hydrogens (primary N) is 1. The first-order valence-electron chi connectivity index (χ1n) is 6.98. The second-order valence-corrected chi connectivity index (χ2v) is 6.96. The van der Waals surface area contributed by atoms with E-state index in [0.717, 1.165) is 17.7 Å². The van der Waals surface area contributed by atoms with E-state index in [-0.39, 0.29) is 11.2 Å². The van der Waals surface area contributed by atoms with Crippen LogP contribution in [0.15, 0.2) is 18.2 Å². The number of benzene rings is 1. The predicted molar refractivity (Wildman–Crippen MR) is 85.7 cm³/mol. The summed E-state index contributed by atoms with van der Waals surface area (Å²) in [5.74, 6) is 0.449. The number of nitrogens with zero attached hydrogens (tertiary/aromatic N) is 1. The van der Waals surface area contributed by atoms with E-state index in [1.165, 1.54) is 12.1 Å². The normalized spacial score (nSPS) is 13.4. The third-order valence-electron chi connectivity index (χ3n) is 4.06. The lowest BCUT2D eigenvalue weighted by atomic mass is 9.79. The summed E-state index contributed by atoms with van der Waals surface area (Å²) in [5.41, 5.74) is 8.56. The van der Waals surface area contributed by atoms with E-state index in [9.17, 15) is 4.39 Å². The third-order valence-corrected chi connectivity index (χ3v) is 4.37. The van der Waals surface area contributed by atoms with Crippen molar-refractivity contribution in [2.75, 3.05) is 5.73 Å². The number of rotatable bonds is 3. The standard InChI is InChI=1S/C16H21ClFN3/c1-9(16(2,3)4)7-13-14(15(19)21-20-13)11-6-5-10(18)8-12(11)17/h5-6,8-9H,7H2,1-4H3,(H3,19,20,21). The molecule has 1 atom stereocenters. The van der Waals surface area contributed by atoms with E-state index < -0.39 is 0 Å². The van der Waals surface area contributed by atoms with Crippen molar-refractivity contribution >= 4 is 17.4 Å². The van der Waals surface area contributed by atoms with Crippen molar-refractivity contribution in [3.8, 4) is 11.1 Å². The zero-order valence-corrected chi connectivity index (χ0v) is 13.6. The van der Waals surface area contributed by atoms with Crippen LogP contribution in [-0.4, -0.2) is 10.2 Å². The Hall–Kier alpha value is -1.55.